The van der Waals surface area contributed by atoms with Crippen LogP contribution in [0.3, 0.4) is 0 Å². The van der Waals surface area contributed by atoms with Crippen molar-refractivity contribution in [1.29, 1.82) is 0 Å². The number of imide groups is 1. The molecule has 1 N–H and O–H groups in total. The highest BCUT2D eigenvalue weighted by Gasteiger charge is 2.42. The maximum Gasteiger partial charge on any atom is 0.320 e. The minimum atomic E-state index is -1.36. The van der Waals surface area contributed by atoms with Crippen LogP contribution in [0.2, 0.25) is 5.02 Å². The molecule has 1 aliphatic heterocycles. The molecule has 0 bridgehead atoms. The zero-order valence-corrected chi connectivity index (χ0v) is 12.7. The lowest BCUT2D eigenvalue weighted by molar-refractivity contribution is -0.146. The second-order valence-electron chi connectivity index (χ2n) is 5.21. The molecule has 1 heterocycles. The van der Waals surface area contributed by atoms with E-state index in [0.717, 1.165) is 4.90 Å². The standard InChI is InChI=1S/C17H12ClNO4/c18-11-7-5-10(6-8-11)9-19-15(20)13-4-2-1-3-12(13)14(16(19)21)17(22)23/h1-8,14H,9H2,(H,22,23). The van der Waals surface area contributed by atoms with Gasteiger partial charge in [-0.1, -0.05) is 41.9 Å². The largest absolute Gasteiger partial charge is 0.480 e. The van der Waals surface area contributed by atoms with Gasteiger partial charge in [0.15, 0.2) is 5.92 Å². The van der Waals surface area contributed by atoms with Crippen molar-refractivity contribution in [2.24, 2.45) is 0 Å². The smallest absolute Gasteiger partial charge is 0.320 e. The van der Waals surface area contributed by atoms with Gasteiger partial charge in [-0.25, -0.2) is 0 Å². The maximum atomic E-state index is 12.6. The number of hydrogen-bond acceptors (Lipinski definition) is 3. The van der Waals surface area contributed by atoms with Gasteiger partial charge in [0.25, 0.3) is 5.91 Å². The number of amides is 2. The third kappa shape index (κ3) is 2.71. The number of carbonyl (C=O) groups is 3. The first-order chi connectivity index (χ1) is 11.0. The third-order valence-corrected chi connectivity index (χ3v) is 4.01. The van der Waals surface area contributed by atoms with Crippen molar-refractivity contribution in [3.63, 3.8) is 0 Å². The van der Waals surface area contributed by atoms with E-state index < -0.39 is 23.7 Å². The number of aliphatic carboxylic acids is 1. The van der Waals surface area contributed by atoms with Crippen LogP contribution in [-0.4, -0.2) is 27.8 Å². The second kappa shape index (κ2) is 5.85. The van der Waals surface area contributed by atoms with Crippen molar-refractivity contribution in [2.75, 3.05) is 0 Å². The van der Waals surface area contributed by atoms with Gasteiger partial charge in [-0.3, -0.25) is 19.3 Å². The molecule has 0 aromatic heterocycles. The first kappa shape index (κ1) is 15.2. The van der Waals surface area contributed by atoms with Gasteiger partial charge >= 0.3 is 5.97 Å². The summed E-state index contributed by atoms with van der Waals surface area (Å²) in [7, 11) is 0. The molecular formula is C17H12ClNO4. The zero-order valence-electron chi connectivity index (χ0n) is 11.9. The summed E-state index contributed by atoms with van der Waals surface area (Å²) in [5.74, 6) is -3.85. The Balaban J connectivity index is 2.01. The fourth-order valence-electron chi connectivity index (χ4n) is 2.64. The predicted molar refractivity (Wildman–Crippen MR) is 83.2 cm³/mol. The van der Waals surface area contributed by atoms with Crippen LogP contribution < -0.4 is 0 Å². The van der Waals surface area contributed by atoms with Gasteiger partial charge in [0.1, 0.15) is 0 Å². The second-order valence-corrected chi connectivity index (χ2v) is 5.65. The number of rotatable bonds is 3. The number of hydrogen-bond donors (Lipinski definition) is 1. The van der Waals surface area contributed by atoms with E-state index >= 15 is 0 Å². The van der Waals surface area contributed by atoms with Crippen LogP contribution in [0.25, 0.3) is 0 Å². The Morgan fingerprint density at radius 3 is 2.39 bits per heavy atom. The maximum absolute atomic E-state index is 12.6. The van der Waals surface area contributed by atoms with Gasteiger partial charge in [0, 0.05) is 10.6 Å². The molecule has 116 valence electrons. The van der Waals surface area contributed by atoms with E-state index in [-0.39, 0.29) is 17.7 Å². The highest BCUT2D eigenvalue weighted by Crippen LogP contribution is 2.30. The highest BCUT2D eigenvalue weighted by molar-refractivity contribution is 6.30. The highest BCUT2D eigenvalue weighted by atomic mass is 35.5. The van der Waals surface area contributed by atoms with Gasteiger partial charge in [-0.2, -0.15) is 0 Å². The number of carboxylic acid groups (broad SMARTS) is 1. The van der Waals surface area contributed by atoms with Crippen LogP contribution in [-0.2, 0) is 16.1 Å². The predicted octanol–water partition coefficient (Wildman–Crippen LogP) is 2.69. The van der Waals surface area contributed by atoms with E-state index in [2.05, 4.69) is 0 Å². The SMILES string of the molecule is O=C(O)C1C(=O)N(Cc2ccc(Cl)cc2)C(=O)c2ccccc21. The molecule has 23 heavy (non-hydrogen) atoms. The Morgan fingerprint density at radius 2 is 1.74 bits per heavy atom. The van der Waals surface area contributed by atoms with Gasteiger partial charge < -0.3 is 5.11 Å². The summed E-state index contributed by atoms with van der Waals surface area (Å²) in [5, 5.41) is 9.93. The average Bonchev–Trinajstić information content (AvgIpc) is 2.53. The topological polar surface area (TPSA) is 74.7 Å². The van der Waals surface area contributed by atoms with Gasteiger partial charge in [-0.15, -0.1) is 0 Å². The number of halogens is 1. The molecule has 1 atom stereocenters. The quantitative estimate of drug-likeness (QED) is 0.694. The fourth-order valence-corrected chi connectivity index (χ4v) is 2.76. The van der Waals surface area contributed by atoms with E-state index in [1.807, 2.05) is 0 Å². The van der Waals surface area contributed by atoms with E-state index in [0.29, 0.717) is 10.6 Å². The molecule has 0 fully saturated rings. The normalized spacial score (nSPS) is 17.1. The van der Waals surface area contributed by atoms with Crippen LogP contribution in [0, 0.1) is 0 Å². The lowest BCUT2D eigenvalue weighted by atomic mass is 9.88. The molecule has 6 heteroatoms. The number of nitrogens with zero attached hydrogens (tertiary/aromatic N) is 1. The average molecular weight is 330 g/mol. The van der Waals surface area contributed by atoms with E-state index in [9.17, 15) is 19.5 Å². The molecule has 3 rings (SSSR count). The molecular weight excluding hydrogens is 318 g/mol. The molecule has 0 saturated heterocycles. The fraction of sp³-hybridized carbons (Fsp3) is 0.118. The molecule has 0 spiro atoms. The molecule has 2 aromatic carbocycles. The Labute approximate surface area is 137 Å². The van der Waals surface area contributed by atoms with E-state index in [1.165, 1.54) is 12.1 Å². The van der Waals surface area contributed by atoms with Crippen molar-refractivity contribution >= 4 is 29.4 Å². The van der Waals surface area contributed by atoms with Gasteiger partial charge in [-0.05, 0) is 29.3 Å². The van der Waals surface area contributed by atoms with Crippen LogP contribution in [0.1, 0.15) is 27.4 Å². The lowest BCUT2D eigenvalue weighted by Gasteiger charge is -2.30. The first-order valence-electron chi connectivity index (χ1n) is 6.91. The molecule has 5 nitrogen and oxygen atoms in total. The van der Waals surface area contributed by atoms with E-state index in [4.69, 9.17) is 11.6 Å². The van der Waals surface area contributed by atoms with Crippen molar-refractivity contribution < 1.29 is 19.5 Å². The number of fused-ring (bicyclic) bond motifs is 1. The first-order valence-corrected chi connectivity index (χ1v) is 7.28. The van der Waals surface area contributed by atoms with Crippen LogP contribution in [0.15, 0.2) is 48.5 Å². The molecule has 0 saturated carbocycles. The summed E-state index contributed by atoms with van der Waals surface area (Å²) in [6, 6.07) is 13.0. The Bertz CT molecular complexity index is 800. The molecule has 2 aromatic rings. The molecule has 2 amide bonds. The van der Waals surface area contributed by atoms with Gasteiger partial charge in [0.05, 0.1) is 6.54 Å². The monoisotopic (exact) mass is 329 g/mol. The Kier molecular flexibility index (Phi) is 3.88. The zero-order chi connectivity index (χ0) is 16.6. The van der Waals surface area contributed by atoms with E-state index in [1.54, 1.807) is 36.4 Å². The van der Waals surface area contributed by atoms with Crippen molar-refractivity contribution in [2.45, 2.75) is 12.5 Å². The minimum Gasteiger partial charge on any atom is -0.480 e. The molecule has 1 unspecified atom stereocenters. The van der Waals surface area contributed by atoms with Gasteiger partial charge in [0.2, 0.25) is 5.91 Å². The molecule has 1 aliphatic rings. The summed E-state index contributed by atoms with van der Waals surface area (Å²) in [6.45, 7) is 0.00689. The van der Waals surface area contributed by atoms with Crippen LogP contribution in [0.5, 0.6) is 0 Å². The minimum absolute atomic E-state index is 0.00689. The summed E-state index contributed by atoms with van der Waals surface area (Å²) >= 11 is 5.82. The van der Waals surface area contributed by atoms with Crippen molar-refractivity contribution in [1.82, 2.24) is 4.90 Å². The summed E-state index contributed by atoms with van der Waals surface area (Å²) in [4.78, 5) is 37.5. The van der Waals surface area contributed by atoms with Crippen LogP contribution >= 0.6 is 11.6 Å². The van der Waals surface area contributed by atoms with Crippen LogP contribution in [0.4, 0.5) is 0 Å². The Morgan fingerprint density at radius 1 is 1.09 bits per heavy atom. The Hall–Kier alpha value is -2.66. The summed E-state index contributed by atoms with van der Waals surface area (Å²) < 4.78 is 0. The third-order valence-electron chi connectivity index (χ3n) is 3.76. The molecule has 0 radical (unpaired) electrons. The van der Waals surface area contributed by atoms with Crippen molar-refractivity contribution in [3.8, 4) is 0 Å². The summed E-state index contributed by atoms with van der Waals surface area (Å²) in [6.07, 6.45) is 0. The number of carboxylic acids is 1. The number of benzene rings is 2. The molecule has 0 aliphatic carbocycles. The lowest BCUT2D eigenvalue weighted by Crippen LogP contribution is -2.46. The summed E-state index contributed by atoms with van der Waals surface area (Å²) in [5.41, 5.74) is 1.18. The van der Waals surface area contributed by atoms with Crippen molar-refractivity contribution in [3.05, 3.63) is 70.2 Å². The number of carbonyl (C=O) groups excluding carboxylic acids is 2.